The maximum Gasteiger partial charge on any atom is 0.123 e. The van der Waals surface area contributed by atoms with Gasteiger partial charge in [0.1, 0.15) is 5.82 Å². The predicted molar refractivity (Wildman–Crippen MR) is 74.0 cm³/mol. The Morgan fingerprint density at radius 3 is 1.60 bits per heavy atom. The molecule has 0 atom stereocenters. The number of aromatic nitrogens is 1. The van der Waals surface area contributed by atoms with Crippen molar-refractivity contribution >= 4 is 5.82 Å². The van der Waals surface area contributed by atoms with E-state index in [1.54, 1.807) is 12.3 Å². The smallest absolute Gasteiger partial charge is 0.123 e. The molecule has 1 aromatic rings. The van der Waals surface area contributed by atoms with Gasteiger partial charge in [-0.25, -0.2) is 4.98 Å². The molecule has 0 bridgehead atoms. The lowest BCUT2D eigenvalue weighted by Crippen LogP contribution is -1.85. The van der Waals surface area contributed by atoms with Gasteiger partial charge in [-0.05, 0) is 12.1 Å². The molecule has 1 rings (SSSR count). The van der Waals surface area contributed by atoms with Crippen molar-refractivity contribution in [1.29, 1.82) is 0 Å². The lowest BCUT2D eigenvalue weighted by atomic mass is 10.5. The van der Waals surface area contributed by atoms with Crippen LogP contribution in [0.5, 0.6) is 0 Å². The third-order valence-corrected chi connectivity index (χ3v) is 0.688. The molecule has 0 unspecified atom stereocenters. The van der Waals surface area contributed by atoms with E-state index in [1.807, 2.05) is 39.8 Å². The zero-order valence-corrected chi connectivity index (χ0v) is 10.5. The van der Waals surface area contributed by atoms with E-state index < -0.39 is 0 Å². The van der Waals surface area contributed by atoms with Crippen molar-refractivity contribution in [1.82, 2.24) is 4.98 Å². The van der Waals surface area contributed by atoms with E-state index in [-0.39, 0.29) is 7.43 Å². The van der Waals surface area contributed by atoms with Crippen LogP contribution in [0.15, 0.2) is 24.4 Å². The molecule has 0 saturated heterocycles. The summed E-state index contributed by atoms with van der Waals surface area (Å²) in [6.45, 7) is 12.2. The number of pyridine rings is 1. The molecule has 0 aromatic carbocycles. The summed E-state index contributed by atoms with van der Waals surface area (Å²) in [5.74, 6) is 0.572. The van der Waals surface area contributed by atoms with Gasteiger partial charge in [-0.3, -0.25) is 0 Å². The summed E-state index contributed by atoms with van der Waals surface area (Å²) in [6.07, 6.45) is 2.91. The number of hydrogen-bond donors (Lipinski definition) is 1. The first-order valence-electron chi connectivity index (χ1n) is 5.47. The Morgan fingerprint density at radius 1 is 1.07 bits per heavy atom. The van der Waals surface area contributed by atoms with Crippen molar-refractivity contribution in [2.75, 3.05) is 5.73 Å². The summed E-state index contributed by atoms with van der Waals surface area (Å²) in [6, 6.07) is 5.43. The molecule has 1 aromatic heterocycles. The first-order chi connectivity index (χ1) is 6.81. The minimum atomic E-state index is 0. The third-order valence-electron chi connectivity index (χ3n) is 0.688. The van der Waals surface area contributed by atoms with Crippen LogP contribution in [0.25, 0.3) is 0 Å². The second kappa shape index (κ2) is 29.3. The fraction of sp³-hybridized carbons (Fsp3) is 0.615. The molecule has 0 fully saturated rings. The Bertz CT molecular complexity index is 150. The number of nitrogen functional groups attached to an aromatic ring is 1. The summed E-state index contributed by atoms with van der Waals surface area (Å²) in [5, 5.41) is 0. The van der Waals surface area contributed by atoms with Crippen LogP contribution in [0.3, 0.4) is 0 Å². The molecule has 0 aliphatic rings. The van der Waals surface area contributed by atoms with E-state index in [0.717, 1.165) is 0 Å². The van der Waals surface area contributed by atoms with Crippen molar-refractivity contribution < 1.29 is 0 Å². The van der Waals surface area contributed by atoms with Gasteiger partial charge in [0, 0.05) is 6.20 Å². The van der Waals surface area contributed by atoms with Crippen molar-refractivity contribution in [2.24, 2.45) is 0 Å². The lowest BCUT2D eigenvalue weighted by molar-refractivity contribution is 1.09. The highest BCUT2D eigenvalue weighted by Crippen LogP contribution is 1.89. The largest absolute Gasteiger partial charge is 0.384 e. The van der Waals surface area contributed by atoms with E-state index in [2.05, 4.69) is 18.8 Å². The van der Waals surface area contributed by atoms with Crippen LogP contribution < -0.4 is 5.73 Å². The van der Waals surface area contributed by atoms with Crippen LogP contribution in [0, 0.1) is 0 Å². The number of nitrogens with zero attached hydrogens (tertiary/aromatic N) is 1. The predicted octanol–water partition coefficient (Wildman–Crippen LogP) is 4.77. The Labute approximate surface area is 96.9 Å². The molecule has 2 heteroatoms. The minimum absolute atomic E-state index is 0. The third kappa shape index (κ3) is 32.1. The number of hydrogen-bond acceptors (Lipinski definition) is 2. The highest BCUT2D eigenvalue weighted by Gasteiger charge is 1.73. The summed E-state index contributed by atoms with van der Waals surface area (Å²) >= 11 is 0. The number of rotatable bonds is 0. The number of anilines is 1. The molecule has 2 nitrogen and oxygen atoms in total. The van der Waals surface area contributed by atoms with Crippen LogP contribution in [-0.2, 0) is 0 Å². The first-order valence-corrected chi connectivity index (χ1v) is 5.47. The van der Waals surface area contributed by atoms with E-state index in [1.165, 1.54) is 6.42 Å². The van der Waals surface area contributed by atoms with E-state index in [0.29, 0.717) is 5.82 Å². The second-order valence-electron chi connectivity index (χ2n) is 1.96. The minimum Gasteiger partial charge on any atom is -0.384 e. The topological polar surface area (TPSA) is 38.9 Å². The molecule has 0 aliphatic carbocycles. The first kappa shape index (κ1) is 23.6. The molecule has 1 heterocycles. The molecular formula is C13H30N2. The maximum atomic E-state index is 5.25. The normalized spacial score (nSPS) is 6.00. The van der Waals surface area contributed by atoms with E-state index in [9.17, 15) is 0 Å². The van der Waals surface area contributed by atoms with Crippen molar-refractivity contribution in [3.63, 3.8) is 0 Å². The molecule has 0 saturated carbocycles. The van der Waals surface area contributed by atoms with Gasteiger partial charge in [-0.2, -0.15) is 0 Å². The fourth-order valence-corrected chi connectivity index (χ4v) is 0.376. The molecule has 15 heavy (non-hydrogen) atoms. The van der Waals surface area contributed by atoms with Crippen LogP contribution in [0.2, 0.25) is 0 Å². The zero-order valence-electron chi connectivity index (χ0n) is 10.5. The van der Waals surface area contributed by atoms with Crippen LogP contribution in [0.1, 0.15) is 55.4 Å². The molecule has 2 N–H and O–H groups in total. The van der Waals surface area contributed by atoms with Crippen molar-refractivity contribution in [3.05, 3.63) is 24.4 Å². The van der Waals surface area contributed by atoms with Gasteiger partial charge < -0.3 is 5.73 Å². The van der Waals surface area contributed by atoms with E-state index >= 15 is 0 Å². The van der Waals surface area contributed by atoms with Gasteiger partial charge in [0.25, 0.3) is 0 Å². The standard InChI is InChI=1S/C5H6N2.C3H8.2C2H6.CH4/c6-5-3-1-2-4-7-5;1-3-2;2*1-2;/h1-4H,(H2,6,7);3H2,1-2H3;2*1-2H3;1H4. The molecule has 0 aliphatic heterocycles. The molecule has 0 spiro atoms. The Morgan fingerprint density at radius 2 is 1.47 bits per heavy atom. The zero-order chi connectivity index (χ0) is 11.8. The number of nitrogens with two attached hydrogens (primary N) is 1. The van der Waals surface area contributed by atoms with Gasteiger partial charge >= 0.3 is 0 Å². The van der Waals surface area contributed by atoms with Crippen molar-refractivity contribution in [3.8, 4) is 0 Å². The van der Waals surface area contributed by atoms with Gasteiger partial charge in [0.05, 0.1) is 0 Å². The molecule has 0 amide bonds. The maximum absolute atomic E-state index is 5.25. The van der Waals surface area contributed by atoms with Gasteiger partial charge in [-0.1, -0.05) is 61.5 Å². The van der Waals surface area contributed by atoms with E-state index in [4.69, 9.17) is 5.73 Å². The van der Waals surface area contributed by atoms with Crippen LogP contribution in [0.4, 0.5) is 5.82 Å². The average molecular weight is 214 g/mol. The fourth-order valence-electron chi connectivity index (χ4n) is 0.376. The quantitative estimate of drug-likeness (QED) is 0.675. The Hall–Kier alpha value is -1.05. The van der Waals surface area contributed by atoms with Gasteiger partial charge in [0.2, 0.25) is 0 Å². The van der Waals surface area contributed by atoms with Crippen LogP contribution in [-0.4, -0.2) is 4.98 Å². The summed E-state index contributed by atoms with van der Waals surface area (Å²) in [4.78, 5) is 3.76. The average Bonchev–Trinajstić information content (AvgIpc) is 2.26. The Kier molecular flexibility index (Phi) is 46.1. The summed E-state index contributed by atoms with van der Waals surface area (Å²) < 4.78 is 0. The van der Waals surface area contributed by atoms with Gasteiger partial charge in [-0.15, -0.1) is 0 Å². The second-order valence-corrected chi connectivity index (χ2v) is 1.96. The summed E-state index contributed by atoms with van der Waals surface area (Å²) in [5.41, 5.74) is 5.25. The highest BCUT2D eigenvalue weighted by atomic mass is 14.8. The highest BCUT2D eigenvalue weighted by molar-refractivity contribution is 5.25. The monoisotopic (exact) mass is 214 g/mol. The van der Waals surface area contributed by atoms with Gasteiger partial charge in [0.15, 0.2) is 0 Å². The SMILES string of the molecule is C.CC.CC.CCC.Nc1ccccn1. The molecule has 0 radical (unpaired) electrons. The summed E-state index contributed by atoms with van der Waals surface area (Å²) in [7, 11) is 0. The Balaban J connectivity index is -0.0000000658. The van der Waals surface area contributed by atoms with Crippen LogP contribution >= 0.6 is 0 Å². The molecular weight excluding hydrogens is 184 g/mol. The van der Waals surface area contributed by atoms with Crippen molar-refractivity contribution in [2.45, 2.75) is 55.4 Å². The molecule has 92 valence electrons. The lowest BCUT2D eigenvalue weighted by Gasteiger charge is -1.82.